The molecule has 0 amide bonds. The van der Waals surface area contributed by atoms with Gasteiger partial charge in [0.1, 0.15) is 13.2 Å². The van der Waals surface area contributed by atoms with Crippen LogP contribution < -0.4 is 16.3 Å². The van der Waals surface area contributed by atoms with Gasteiger partial charge in [-0.15, -0.1) is 15.8 Å². The summed E-state index contributed by atoms with van der Waals surface area (Å²) in [5.74, 6) is -0.506. The Hall–Kier alpha value is -1.45. The van der Waals surface area contributed by atoms with Crippen molar-refractivity contribution in [3.63, 3.8) is 0 Å². The summed E-state index contributed by atoms with van der Waals surface area (Å²) in [6, 6.07) is 0. The highest BCUT2D eigenvalue weighted by atomic mass is 31.2. The van der Waals surface area contributed by atoms with Crippen molar-refractivity contribution in [2.45, 2.75) is 33.3 Å². The third kappa shape index (κ3) is 10.5. The topological polar surface area (TPSA) is 141 Å². The highest BCUT2D eigenvalue weighted by Crippen LogP contribution is 2.28. The smallest absolute Gasteiger partial charge is 0.330 e. The number of carbonyl (C=O) groups is 1. The Bertz CT molecular complexity index is 755. The lowest BCUT2D eigenvalue weighted by atomic mass is 10.4. The number of aryl methyl sites for hydroxylation is 1. The van der Waals surface area contributed by atoms with Gasteiger partial charge in [-0.25, -0.2) is 9.88 Å². The van der Waals surface area contributed by atoms with Gasteiger partial charge in [0.2, 0.25) is 0 Å². The Morgan fingerprint density at radius 2 is 2.17 bits per heavy atom. The lowest BCUT2D eigenvalue weighted by Crippen LogP contribution is -2.34. The van der Waals surface area contributed by atoms with Crippen molar-refractivity contribution in [3.05, 3.63) is 45.3 Å². The zero-order chi connectivity index (χ0) is 23.1. The number of esters is 1. The van der Waals surface area contributed by atoms with E-state index < -0.39 is 38.3 Å². The second-order valence-corrected chi connectivity index (χ2v) is 6.57. The zero-order valence-electron chi connectivity index (χ0n) is 17.6. The number of ether oxygens (including phenoxy) is 3. The highest BCUT2D eigenvalue weighted by molar-refractivity contribution is 7.43. The maximum absolute atomic E-state index is 11.8. The molecule has 1 aromatic heterocycles. The predicted molar refractivity (Wildman–Crippen MR) is 117 cm³/mol. The first-order valence-electron chi connectivity index (χ1n) is 9.07. The molecule has 172 valence electrons. The van der Waals surface area contributed by atoms with Gasteiger partial charge in [0.25, 0.3) is 14.1 Å². The summed E-state index contributed by atoms with van der Waals surface area (Å²) in [6.45, 7) is 10.5. The first kappa shape index (κ1) is 28.5. The molecule has 0 radical (unpaired) electrons. The third-order valence-electron chi connectivity index (χ3n) is 3.19. The maximum Gasteiger partial charge on any atom is 0.330 e. The lowest BCUT2D eigenvalue weighted by molar-refractivity contribution is -0.141. The molecule has 3 N–H and O–H groups in total. The molecule has 0 saturated carbocycles. The SMILES string of the molecule is C=CC.CCOC(=O)CNP(O)OCC1OCC(n2cc(C)c(=O)[nH]c2=O)O1.CP. The van der Waals surface area contributed by atoms with Crippen molar-refractivity contribution in [2.75, 3.05) is 33.0 Å². The number of aromatic nitrogens is 2. The second-order valence-electron chi connectivity index (χ2n) is 5.45. The Morgan fingerprint density at radius 3 is 2.77 bits per heavy atom. The van der Waals surface area contributed by atoms with Gasteiger partial charge >= 0.3 is 11.7 Å². The molecule has 1 aliphatic rings. The fourth-order valence-corrected chi connectivity index (χ4v) is 2.62. The Labute approximate surface area is 178 Å². The second kappa shape index (κ2) is 16.3. The summed E-state index contributed by atoms with van der Waals surface area (Å²) < 4.78 is 21.9. The monoisotopic (exact) mass is 467 g/mol. The van der Waals surface area contributed by atoms with E-state index in [9.17, 15) is 19.3 Å². The molecule has 0 aromatic carbocycles. The molecule has 30 heavy (non-hydrogen) atoms. The normalized spacial score (nSPS) is 18.3. The van der Waals surface area contributed by atoms with Crippen molar-refractivity contribution in [3.8, 4) is 0 Å². The number of nitrogens with one attached hydrogen (secondary N) is 2. The van der Waals surface area contributed by atoms with Crippen LogP contribution in [0.2, 0.25) is 0 Å². The standard InChI is InChI=1S/C13H20N3O8P.C3H6.CH5P/c1-3-21-10(17)4-14-25(20)23-7-11-22-6-9(24-11)16-5-8(2)12(18)15-13(16)19;1-3-2;1-2/h5,9,11,14,20H,3-4,6-7H2,1-2H3,(H,15,18,19);3H,1H2,2H3;2H2,1H3. The van der Waals surface area contributed by atoms with E-state index in [1.54, 1.807) is 19.9 Å². The number of allylic oxidation sites excluding steroid dienone is 1. The van der Waals surface area contributed by atoms with Crippen LogP contribution in [0.5, 0.6) is 0 Å². The Kier molecular flexibility index (Phi) is 15.5. The predicted octanol–water partition coefficient (Wildman–Crippen LogP) is 0.789. The van der Waals surface area contributed by atoms with E-state index in [2.05, 4.69) is 25.9 Å². The lowest BCUT2D eigenvalue weighted by Gasteiger charge is -2.16. The molecule has 1 aromatic rings. The number of H-pyrrole nitrogens is 1. The maximum atomic E-state index is 11.8. The molecule has 2 heterocycles. The summed E-state index contributed by atoms with van der Waals surface area (Å²) in [7, 11) is 0.366. The van der Waals surface area contributed by atoms with E-state index in [1.165, 1.54) is 10.8 Å². The van der Waals surface area contributed by atoms with Crippen LogP contribution in [0.1, 0.15) is 25.6 Å². The van der Waals surface area contributed by atoms with Gasteiger partial charge in [0.05, 0.1) is 13.2 Å². The molecule has 0 bridgehead atoms. The molecular weight excluding hydrogens is 436 g/mol. The number of nitrogens with zero attached hydrogens (tertiary/aromatic N) is 1. The molecule has 1 fully saturated rings. The summed E-state index contributed by atoms with van der Waals surface area (Å²) in [5.41, 5.74) is -0.699. The first-order valence-corrected chi connectivity index (χ1v) is 11.4. The van der Waals surface area contributed by atoms with Crippen LogP contribution in [0.25, 0.3) is 0 Å². The van der Waals surface area contributed by atoms with Crippen LogP contribution in [0.3, 0.4) is 0 Å². The summed E-state index contributed by atoms with van der Waals surface area (Å²) >= 11 is 0. The van der Waals surface area contributed by atoms with Crippen LogP contribution in [0, 0.1) is 6.92 Å². The van der Waals surface area contributed by atoms with E-state index >= 15 is 0 Å². The van der Waals surface area contributed by atoms with Crippen molar-refractivity contribution in [1.29, 1.82) is 0 Å². The van der Waals surface area contributed by atoms with Gasteiger partial charge in [-0.05, 0) is 20.8 Å². The molecule has 1 saturated heterocycles. The number of hydrogen-bond acceptors (Lipinski definition) is 9. The van der Waals surface area contributed by atoms with Gasteiger partial charge in [-0.2, -0.15) is 0 Å². The van der Waals surface area contributed by atoms with Gasteiger partial charge in [-0.1, -0.05) is 12.7 Å². The van der Waals surface area contributed by atoms with E-state index in [1.807, 2.05) is 13.6 Å². The van der Waals surface area contributed by atoms with Crippen molar-refractivity contribution < 1.29 is 28.4 Å². The first-order chi connectivity index (χ1) is 14.3. The van der Waals surface area contributed by atoms with Crippen LogP contribution in [-0.2, 0) is 23.5 Å². The number of aromatic amines is 1. The largest absolute Gasteiger partial charge is 0.465 e. The molecule has 4 atom stereocenters. The minimum atomic E-state index is -2.05. The number of carbonyl (C=O) groups excluding carboxylic acids is 1. The van der Waals surface area contributed by atoms with E-state index in [-0.39, 0.29) is 26.4 Å². The van der Waals surface area contributed by atoms with Gasteiger partial charge in [0.15, 0.2) is 12.5 Å². The van der Waals surface area contributed by atoms with Gasteiger partial charge in [0, 0.05) is 11.8 Å². The minimum absolute atomic E-state index is 0.0824. The van der Waals surface area contributed by atoms with E-state index in [0.717, 1.165) is 0 Å². The van der Waals surface area contributed by atoms with Gasteiger partial charge in [-0.3, -0.25) is 19.1 Å². The average molecular weight is 467 g/mol. The van der Waals surface area contributed by atoms with Crippen molar-refractivity contribution >= 4 is 23.7 Å². The molecule has 1 aliphatic heterocycles. The zero-order valence-corrected chi connectivity index (χ0v) is 19.7. The quantitative estimate of drug-likeness (QED) is 0.287. The van der Waals surface area contributed by atoms with Crippen LogP contribution >= 0.6 is 17.8 Å². The Morgan fingerprint density at radius 1 is 1.53 bits per heavy atom. The molecular formula is C17H31N3O8P2. The fourth-order valence-electron chi connectivity index (χ4n) is 2.00. The molecule has 13 heteroatoms. The molecule has 0 aliphatic carbocycles. The molecule has 4 unspecified atom stereocenters. The third-order valence-corrected chi connectivity index (χ3v) is 4.01. The average Bonchev–Trinajstić information content (AvgIpc) is 3.19. The molecule has 2 rings (SSSR count). The van der Waals surface area contributed by atoms with Gasteiger partial charge < -0.3 is 23.6 Å². The summed E-state index contributed by atoms with van der Waals surface area (Å²) in [6.07, 6.45) is 1.62. The molecule has 11 nitrogen and oxygen atoms in total. The summed E-state index contributed by atoms with van der Waals surface area (Å²) in [4.78, 5) is 46.1. The van der Waals surface area contributed by atoms with E-state index in [0.29, 0.717) is 5.56 Å². The van der Waals surface area contributed by atoms with Crippen molar-refractivity contribution in [1.82, 2.24) is 14.6 Å². The Balaban J connectivity index is 0.00000154. The highest BCUT2D eigenvalue weighted by Gasteiger charge is 2.29. The van der Waals surface area contributed by atoms with Crippen molar-refractivity contribution in [2.24, 2.45) is 0 Å². The van der Waals surface area contributed by atoms with Crippen LogP contribution in [0.4, 0.5) is 0 Å². The minimum Gasteiger partial charge on any atom is -0.465 e. The molecule has 0 spiro atoms. The summed E-state index contributed by atoms with van der Waals surface area (Å²) in [5, 5.41) is 2.47. The fraction of sp³-hybridized carbons (Fsp3) is 0.588. The number of rotatable bonds is 8. The van der Waals surface area contributed by atoms with E-state index in [4.69, 9.17) is 18.7 Å². The van der Waals surface area contributed by atoms with Crippen LogP contribution in [0.15, 0.2) is 28.4 Å². The number of hydrogen-bond donors (Lipinski definition) is 3. The van der Waals surface area contributed by atoms with Crippen LogP contribution in [-0.4, -0.2) is 59.7 Å².